The third-order valence-electron chi connectivity index (χ3n) is 6.73. The van der Waals surface area contributed by atoms with Crippen molar-refractivity contribution in [1.29, 1.82) is 0 Å². The lowest BCUT2D eigenvalue weighted by Gasteiger charge is -2.38. The number of methoxy groups -OCH3 is 2. The summed E-state index contributed by atoms with van der Waals surface area (Å²) in [7, 11) is 3.23. The van der Waals surface area contributed by atoms with E-state index in [0.29, 0.717) is 35.7 Å². The van der Waals surface area contributed by atoms with Crippen molar-refractivity contribution in [3.8, 4) is 11.5 Å². The summed E-state index contributed by atoms with van der Waals surface area (Å²) in [5, 5.41) is 2.86. The molecule has 1 aromatic heterocycles. The predicted molar refractivity (Wildman–Crippen MR) is 140 cm³/mol. The molecule has 188 valence electrons. The highest BCUT2D eigenvalue weighted by atomic mass is 16.5. The number of amides is 2. The molecule has 2 amide bonds. The molecule has 1 N–H and O–H groups in total. The van der Waals surface area contributed by atoms with E-state index in [9.17, 15) is 9.59 Å². The van der Waals surface area contributed by atoms with Crippen molar-refractivity contribution in [2.75, 3.05) is 26.1 Å². The number of rotatable bonds is 6. The first-order chi connectivity index (χ1) is 18.0. The lowest BCUT2D eigenvalue weighted by Crippen LogP contribution is -2.40. The Kier molecular flexibility index (Phi) is 6.68. The van der Waals surface area contributed by atoms with Gasteiger partial charge in [0.2, 0.25) is 0 Å². The molecular weight excluding hydrogens is 468 g/mol. The lowest BCUT2D eigenvalue weighted by molar-refractivity contribution is 0.0694. The largest absolute Gasteiger partial charge is 0.493 e. The van der Waals surface area contributed by atoms with Crippen LogP contribution in [0.4, 0.5) is 5.69 Å². The number of benzene rings is 3. The lowest BCUT2D eigenvalue weighted by atomic mass is 9.87. The molecule has 1 aliphatic rings. The third kappa shape index (κ3) is 4.68. The Balaban J connectivity index is 1.53. The van der Waals surface area contributed by atoms with E-state index in [-0.39, 0.29) is 23.6 Å². The summed E-state index contributed by atoms with van der Waals surface area (Å²) in [6.07, 6.45) is 2.13. The van der Waals surface area contributed by atoms with Crippen LogP contribution in [0.1, 0.15) is 49.2 Å². The van der Waals surface area contributed by atoms with Crippen LogP contribution in [0.2, 0.25) is 0 Å². The predicted octanol–water partition coefficient (Wildman–Crippen LogP) is 5.65. The van der Waals surface area contributed by atoms with Gasteiger partial charge in [0.1, 0.15) is 0 Å². The molecule has 0 radical (unpaired) electrons. The van der Waals surface area contributed by atoms with E-state index in [1.165, 1.54) is 6.26 Å². The monoisotopic (exact) mass is 496 g/mol. The van der Waals surface area contributed by atoms with Crippen molar-refractivity contribution in [2.45, 2.75) is 19.4 Å². The van der Waals surface area contributed by atoms with Gasteiger partial charge in [-0.25, -0.2) is 0 Å². The van der Waals surface area contributed by atoms with E-state index in [0.717, 1.165) is 22.3 Å². The van der Waals surface area contributed by atoms with Gasteiger partial charge in [0.05, 0.1) is 26.5 Å². The maximum absolute atomic E-state index is 14.0. The second kappa shape index (κ2) is 10.2. The van der Waals surface area contributed by atoms with Gasteiger partial charge in [0.25, 0.3) is 11.8 Å². The molecule has 1 atom stereocenters. The van der Waals surface area contributed by atoms with E-state index in [2.05, 4.69) is 5.32 Å². The van der Waals surface area contributed by atoms with Crippen molar-refractivity contribution in [1.82, 2.24) is 4.90 Å². The van der Waals surface area contributed by atoms with Gasteiger partial charge in [-0.15, -0.1) is 0 Å². The van der Waals surface area contributed by atoms with Gasteiger partial charge in [-0.3, -0.25) is 9.59 Å². The molecule has 1 aliphatic heterocycles. The van der Waals surface area contributed by atoms with Crippen molar-refractivity contribution >= 4 is 17.5 Å². The smallest absolute Gasteiger partial charge is 0.291 e. The number of hydrogen-bond acceptors (Lipinski definition) is 5. The van der Waals surface area contributed by atoms with E-state index in [1.54, 1.807) is 38.5 Å². The summed E-state index contributed by atoms with van der Waals surface area (Å²) in [4.78, 5) is 28.4. The number of nitrogens with one attached hydrogen (secondary N) is 1. The molecule has 1 unspecified atom stereocenters. The number of carbonyl (C=O) groups excluding carboxylic acids is 2. The minimum Gasteiger partial charge on any atom is -0.493 e. The molecule has 0 bridgehead atoms. The van der Waals surface area contributed by atoms with Crippen LogP contribution < -0.4 is 14.8 Å². The van der Waals surface area contributed by atoms with Gasteiger partial charge in [-0.2, -0.15) is 0 Å². The zero-order valence-electron chi connectivity index (χ0n) is 21.0. The molecule has 5 rings (SSSR count). The Morgan fingerprint density at radius 2 is 1.70 bits per heavy atom. The fourth-order valence-electron chi connectivity index (χ4n) is 4.81. The molecule has 0 saturated carbocycles. The maximum atomic E-state index is 14.0. The summed E-state index contributed by atoms with van der Waals surface area (Å²) >= 11 is 0. The molecule has 7 heteroatoms. The number of hydrogen-bond donors (Lipinski definition) is 1. The number of nitrogens with zero attached hydrogens (tertiary/aromatic N) is 1. The van der Waals surface area contributed by atoms with Crippen LogP contribution in [-0.4, -0.2) is 37.5 Å². The number of carbonyl (C=O) groups is 2. The van der Waals surface area contributed by atoms with Crippen molar-refractivity contribution in [2.24, 2.45) is 0 Å². The Labute approximate surface area is 215 Å². The number of anilines is 1. The molecule has 0 spiro atoms. The van der Waals surface area contributed by atoms with E-state index in [1.807, 2.05) is 60.4 Å². The van der Waals surface area contributed by atoms with Crippen LogP contribution in [0.3, 0.4) is 0 Å². The fourth-order valence-corrected chi connectivity index (χ4v) is 4.81. The number of fused-ring (bicyclic) bond motifs is 1. The summed E-state index contributed by atoms with van der Waals surface area (Å²) in [6, 6.07) is 22.2. The minimum absolute atomic E-state index is 0.122. The summed E-state index contributed by atoms with van der Waals surface area (Å²) in [6.45, 7) is 2.42. The van der Waals surface area contributed by atoms with Crippen molar-refractivity contribution < 1.29 is 23.5 Å². The molecule has 0 aliphatic carbocycles. The number of ether oxygens (including phenoxy) is 2. The average molecular weight is 497 g/mol. The highest BCUT2D eigenvalue weighted by Gasteiger charge is 2.34. The maximum Gasteiger partial charge on any atom is 0.291 e. The van der Waals surface area contributed by atoms with Crippen LogP contribution in [0.5, 0.6) is 11.5 Å². The first kappa shape index (κ1) is 24.2. The standard InChI is InChI=1S/C30H28N2O5/c1-19-11-12-22(16-24(19)31-29(33)25-10-7-15-37-25)30(34)32-14-13-21-17-26(35-2)27(36-3)18-23(21)28(32)20-8-5-4-6-9-20/h4-12,15-18,28H,13-14H2,1-3H3,(H,31,33). The second-order valence-electron chi connectivity index (χ2n) is 8.93. The number of furan rings is 1. The molecule has 3 aromatic carbocycles. The summed E-state index contributed by atoms with van der Waals surface area (Å²) in [5.74, 6) is 1.01. The van der Waals surface area contributed by atoms with Crippen LogP contribution in [0.25, 0.3) is 0 Å². The van der Waals surface area contributed by atoms with E-state index < -0.39 is 0 Å². The Morgan fingerprint density at radius 3 is 2.41 bits per heavy atom. The molecular formula is C30H28N2O5. The highest BCUT2D eigenvalue weighted by molar-refractivity contribution is 6.04. The molecule has 7 nitrogen and oxygen atoms in total. The summed E-state index contributed by atoms with van der Waals surface area (Å²) in [5.41, 5.74) is 5.02. The molecule has 2 heterocycles. The van der Waals surface area contributed by atoms with Crippen molar-refractivity contribution in [3.63, 3.8) is 0 Å². The van der Waals surface area contributed by atoms with Crippen LogP contribution >= 0.6 is 0 Å². The van der Waals surface area contributed by atoms with Gasteiger partial charge >= 0.3 is 0 Å². The van der Waals surface area contributed by atoms with Gasteiger partial charge in [0, 0.05) is 17.8 Å². The third-order valence-corrected chi connectivity index (χ3v) is 6.73. The number of aryl methyl sites for hydroxylation is 1. The van der Waals surface area contributed by atoms with Gasteiger partial charge in [-0.1, -0.05) is 36.4 Å². The molecule has 37 heavy (non-hydrogen) atoms. The minimum atomic E-state index is -0.368. The summed E-state index contributed by atoms with van der Waals surface area (Å²) < 4.78 is 16.3. The first-order valence-electron chi connectivity index (χ1n) is 12.1. The Hall–Kier alpha value is -4.52. The fraction of sp³-hybridized carbons (Fsp3) is 0.200. The van der Waals surface area contributed by atoms with Crippen LogP contribution in [0, 0.1) is 6.92 Å². The van der Waals surface area contributed by atoms with Gasteiger partial charge in [0.15, 0.2) is 17.3 Å². The first-order valence-corrected chi connectivity index (χ1v) is 12.1. The Morgan fingerprint density at radius 1 is 0.946 bits per heavy atom. The van der Waals surface area contributed by atoms with Crippen LogP contribution in [-0.2, 0) is 6.42 Å². The van der Waals surface area contributed by atoms with Gasteiger partial charge in [-0.05, 0) is 72.0 Å². The molecule has 0 saturated heterocycles. The zero-order valence-corrected chi connectivity index (χ0v) is 21.0. The van der Waals surface area contributed by atoms with E-state index >= 15 is 0 Å². The average Bonchev–Trinajstić information content (AvgIpc) is 3.48. The zero-order chi connectivity index (χ0) is 25.9. The quantitative estimate of drug-likeness (QED) is 0.373. The molecule has 0 fully saturated rings. The normalized spacial score (nSPS) is 14.6. The van der Waals surface area contributed by atoms with E-state index in [4.69, 9.17) is 13.9 Å². The Bertz CT molecular complexity index is 1430. The molecule has 4 aromatic rings. The van der Waals surface area contributed by atoms with Crippen molar-refractivity contribution in [3.05, 3.63) is 113 Å². The topological polar surface area (TPSA) is 81.0 Å². The van der Waals surface area contributed by atoms with Crippen LogP contribution in [0.15, 0.2) is 83.5 Å². The SMILES string of the molecule is COc1cc2c(cc1OC)C(c1ccccc1)N(C(=O)c1ccc(C)c(NC(=O)c3ccco3)c1)CC2. The van der Waals surface area contributed by atoms with Gasteiger partial charge < -0.3 is 24.1 Å². The second-order valence-corrected chi connectivity index (χ2v) is 8.93. The highest BCUT2D eigenvalue weighted by Crippen LogP contribution is 2.41.